The van der Waals surface area contributed by atoms with E-state index in [1.807, 2.05) is 13.8 Å². The number of benzene rings is 2. The van der Waals surface area contributed by atoms with E-state index >= 15 is 0 Å². The van der Waals surface area contributed by atoms with Gasteiger partial charge in [-0.05, 0) is 56.3 Å². The number of Topliss-reactive ketones (excluding diaryl/α,β-unsaturated/α-hetero) is 1. The fourth-order valence-corrected chi connectivity index (χ4v) is 2.46. The monoisotopic (exact) mass is 399 g/mol. The molecule has 1 amide bonds. The Balaban J connectivity index is 1.98. The summed E-state index contributed by atoms with van der Waals surface area (Å²) in [6.45, 7) is 5.94. The van der Waals surface area contributed by atoms with Gasteiger partial charge in [-0.25, -0.2) is 4.79 Å². The summed E-state index contributed by atoms with van der Waals surface area (Å²) in [5, 5.41) is 2.70. The van der Waals surface area contributed by atoms with E-state index < -0.39 is 12.6 Å². The van der Waals surface area contributed by atoms with Crippen molar-refractivity contribution in [2.75, 3.05) is 25.1 Å². The topological polar surface area (TPSA) is 90.9 Å². The number of carbonyl (C=O) groups is 3. The van der Waals surface area contributed by atoms with E-state index in [-0.39, 0.29) is 17.3 Å². The van der Waals surface area contributed by atoms with Crippen LogP contribution in [0.15, 0.2) is 42.5 Å². The maximum Gasteiger partial charge on any atom is 0.338 e. The summed E-state index contributed by atoms with van der Waals surface area (Å²) < 4.78 is 16.1. The van der Waals surface area contributed by atoms with Crippen LogP contribution in [0, 0.1) is 0 Å². The standard InChI is InChI=1S/C22H25NO6/c1-4-21(25)23-17-10-7-15(8-11-17)18(24)14-29-22(26)16-9-12-19(27-5-2)20(13-16)28-6-3/h7-13H,4-6,14H2,1-3H3,(H,23,25). The molecule has 0 radical (unpaired) electrons. The van der Waals surface area contributed by atoms with Crippen LogP contribution in [0.2, 0.25) is 0 Å². The first-order chi connectivity index (χ1) is 14.0. The van der Waals surface area contributed by atoms with E-state index in [0.29, 0.717) is 42.4 Å². The fourth-order valence-electron chi connectivity index (χ4n) is 2.46. The van der Waals surface area contributed by atoms with Gasteiger partial charge in [-0.1, -0.05) is 6.92 Å². The molecular formula is C22H25NO6. The van der Waals surface area contributed by atoms with Crippen molar-refractivity contribution in [1.82, 2.24) is 0 Å². The SMILES string of the molecule is CCOc1ccc(C(=O)OCC(=O)c2ccc(NC(=O)CC)cc2)cc1OCC. The Morgan fingerprint density at radius 1 is 0.828 bits per heavy atom. The van der Waals surface area contributed by atoms with Gasteiger partial charge in [0.05, 0.1) is 18.8 Å². The minimum Gasteiger partial charge on any atom is -0.490 e. The lowest BCUT2D eigenvalue weighted by atomic mass is 10.1. The average molecular weight is 399 g/mol. The van der Waals surface area contributed by atoms with Crippen LogP contribution in [0.5, 0.6) is 11.5 Å². The van der Waals surface area contributed by atoms with Crippen LogP contribution in [-0.4, -0.2) is 37.5 Å². The fraction of sp³-hybridized carbons (Fsp3) is 0.318. The molecule has 0 aliphatic heterocycles. The van der Waals surface area contributed by atoms with Crippen LogP contribution >= 0.6 is 0 Å². The van der Waals surface area contributed by atoms with Crippen molar-refractivity contribution in [2.45, 2.75) is 27.2 Å². The Morgan fingerprint density at radius 2 is 1.45 bits per heavy atom. The second kappa shape index (κ2) is 10.8. The molecule has 0 atom stereocenters. The van der Waals surface area contributed by atoms with Crippen LogP contribution < -0.4 is 14.8 Å². The molecule has 0 spiro atoms. The minimum absolute atomic E-state index is 0.111. The molecule has 29 heavy (non-hydrogen) atoms. The van der Waals surface area contributed by atoms with Crippen molar-refractivity contribution in [1.29, 1.82) is 0 Å². The molecule has 7 nitrogen and oxygen atoms in total. The van der Waals surface area contributed by atoms with Crippen molar-refractivity contribution in [3.05, 3.63) is 53.6 Å². The van der Waals surface area contributed by atoms with E-state index in [9.17, 15) is 14.4 Å². The molecule has 0 aliphatic carbocycles. The van der Waals surface area contributed by atoms with Gasteiger partial charge in [0.1, 0.15) is 0 Å². The largest absolute Gasteiger partial charge is 0.490 e. The number of ketones is 1. The van der Waals surface area contributed by atoms with Gasteiger partial charge in [0, 0.05) is 17.7 Å². The van der Waals surface area contributed by atoms with Crippen molar-refractivity contribution >= 4 is 23.3 Å². The molecule has 0 fully saturated rings. The summed E-state index contributed by atoms with van der Waals surface area (Å²) in [4.78, 5) is 35.9. The highest BCUT2D eigenvalue weighted by atomic mass is 16.5. The minimum atomic E-state index is -0.630. The van der Waals surface area contributed by atoms with E-state index in [4.69, 9.17) is 14.2 Å². The molecule has 0 heterocycles. The Labute approximate surface area is 170 Å². The predicted molar refractivity (Wildman–Crippen MR) is 109 cm³/mol. The molecule has 0 saturated carbocycles. The van der Waals surface area contributed by atoms with Gasteiger partial charge >= 0.3 is 5.97 Å². The number of hydrogen-bond donors (Lipinski definition) is 1. The number of rotatable bonds is 10. The lowest BCUT2D eigenvalue weighted by Crippen LogP contribution is -2.15. The predicted octanol–water partition coefficient (Wildman–Crippen LogP) is 3.87. The molecule has 0 bridgehead atoms. The number of esters is 1. The van der Waals surface area contributed by atoms with E-state index in [1.54, 1.807) is 43.3 Å². The molecule has 0 aliphatic rings. The molecule has 2 aromatic carbocycles. The lowest BCUT2D eigenvalue weighted by Gasteiger charge is -2.12. The van der Waals surface area contributed by atoms with Crippen molar-refractivity contribution in [3.8, 4) is 11.5 Å². The quantitative estimate of drug-likeness (QED) is 0.482. The molecule has 154 valence electrons. The third kappa shape index (κ3) is 6.34. The average Bonchev–Trinajstić information content (AvgIpc) is 2.73. The summed E-state index contributed by atoms with van der Waals surface area (Å²) in [5.74, 6) is -0.103. The van der Waals surface area contributed by atoms with Crippen LogP contribution in [0.3, 0.4) is 0 Å². The van der Waals surface area contributed by atoms with Crippen LogP contribution in [0.4, 0.5) is 5.69 Å². The number of carbonyl (C=O) groups excluding carboxylic acids is 3. The Kier molecular flexibility index (Phi) is 8.21. The van der Waals surface area contributed by atoms with Crippen LogP contribution in [0.1, 0.15) is 47.9 Å². The smallest absolute Gasteiger partial charge is 0.338 e. The van der Waals surface area contributed by atoms with Gasteiger partial charge < -0.3 is 19.5 Å². The first-order valence-electron chi connectivity index (χ1n) is 9.48. The van der Waals surface area contributed by atoms with Crippen molar-refractivity contribution in [2.24, 2.45) is 0 Å². The number of hydrogen-bond acceptors (Lipinski definition) is 6. The summed E-state index contributed by atoms with van der Waals surface area (Å²) in [6.07, 6.45) is 0.368. The Hall–Kier alpha value is -3.35. The zero-order valence-electron chi connectivity index (χ0n) is 16.8. The molecule has 0 saturated heterocycles. The Bertz CT molecular complexity index is 860. The zero-order chi connectivity index (χ0) is 21.2. The zero-order valence-corrected chi connectivity index (χ0v) is 16.8. The summed E-state index contributed by atoms with van der Waals surface area (Å²) in [7, 11) is 0. The van der Waals surface area contributed by atoms with E-state index in [0.717, 1.165) is 0 Å². The molecule has 2 aromatic rings. The lowest BCUT2D eigenvalue weighted by molar-refractivity contribution is -0.115. The van der Waals surface area contributed by atoms with E-state index in [1.165, 1.54) is 6.07 Å². The molecule has 1 N–H and O–H groups in total. The third-order valence-corrected chi connectivity index (χ3v) is 3.93. The number of ether oxygens (including phenoxy) is 3. The molecule has 2 rings (SSSR count). The normalized spacial score (nSPS) is 10.2. The number of amides is 1. The first kappa shape index (κ1) is 21.9. The van der Waals surface area contributed by atoms with Gasteiger partial charge in [-0.2, -0.15) is 0 Å². The molecule has 0 aromatic heterocycles. The molecule has 0 unspecified atom stereocenters. The van der Waals surface area contributed by atoms with E-state index in [2.05, 4.69) is 5.32 Å². The van der Waals surface area contributed by atoms with Crippen molar-refractivity contribution in [3.63, 3.8) is 0 Å². The second-order valence-electron chi connectivity index (χ2n) is 6.01. The summed E-state index contributed by atoms with van der Waals surface area (Å²) >= 11 is 0. The first-order valence-corrected chi connectivity index (χ1v) is 9.48. The van der Waals surface area contributed by atoms with Crippen LogP contribution in [0.25, 0.3) is 0 Å². The number of nitrogens with one attached hydrogen (secondary N) is 1. The maximum atomic E-state index is 12.3. The summed E-state index contributed by atoms with van der Waals surface area (Å²) in [5.41, 5.74) is 1.25. The van der Waals surface area contributed by atoms with Gasteiger partial charge in [0.15, 0.2) is 23.9 Å². The second-order valence-corrected chi connectivity index (χ2v) is 6.01. The molecular weight excluding hydrogens is 374 g/mol. The summed E-state index contributed by atoms with van der Waals surface area (Å²) in [6, 6.07) is 11.1. The highest BCUT2D eigenvalue weighted by Gasteiger charge is 2.15. The van der Waals surface area contributed by atoms with Gasteiger partial charge in [0.25, 0.3) is 0 Å². The van der Waals surface area contributed by atoms with Gasteiger partial charge in [0.2, 0.25) is 5.91 Å². The number of anilines is 1. The highest BCUT2D eigenvalue weighted by Crippen LogP contribution is 2.28. The highest BCUT2D eigenvalue weighted by molar-refractivity contribution is 6.00. The Morgan fingerprint density at radius 3 is 2.07 bits per heavy atom. The maximum absolute atomic E-state index is 12.3. The van der Waals surface area contributed by atoms with Gasteiger partial charge in [-0.3, -0.25) is 9.59 Å². The third-order valence-electron chi connectivity index (χ3n) is 3.93. The van der Waals surface area contributed by atoms with Gasteiger partial charge in [-0.15, -0.1) is 0 Å². The van der Waals surface area contributed by atoms with Crippen molar-refractivity contribution < 1.29 is 28.6 Å². The molecule has 7 heteroatoms. The van der Waals surface area contributed by atoms with Crippen LogP contribution in [-0.2, 0) is 9.53 Å².